The van der Waals surface area contributed by atoms with Crippen molar-refractivity contribution in [3.63, 3.8) is 0 Å². The third-order valence-electron chi connectivity index (χ3n) is 4.15. The molecule has 1 fully saturated rings. The van der Waals surface area contributed by atoms with Gasteiger partial charge in [-0.2, -0.15) is 0 Å². The van der Waals surface area contributed by atoms with Gasteiger partial charge in [-0.15, -0.1) is 0 Å². The molecule has 2 aromatic heterocycles. The van der Waals surface area contributed by atoms with Crippen LogP contribution in [-0.4, -0.2) is 63.1 Å². The highest BCUT2D eigenvalue weighted by atomic mass is 16.5. The van der Waals surface area contributed by atoms with Crippen LogP contribution in [-0.2, 0) is 9.53 Å². The van der Waals surface area contributed by atoms with Crippen LogP contribution in [0, 0.1) is 5.41 Å². The average Bonchev–Trinajstić information content (AvgIpc) is 3.14. The van der Waals surface area contributed by atoms with Crippen molar-refractivity contribution in [2.75, 3.05) is 26.8 Å². The minimum atomic E-state index is -1.11. The Kier molecular flexibility index (Phi) is 3.64. The van der Waals surface area contributed by atoms with Gasteiger partial charge in [0.25, 0.3) is 5.91 Å². The van der Waals surface area contributed by atoms with Crippen LogP contribution in [0.3, 0.4) is 0 Å². The minimum absolute atomic E-state index is 0.0297. The Morgan fingerprint density at radius 2 is 2.30 bits per heavy atom. The lowest BCUT2D eigenvalue weighted by Crippen LogP contribution is -2.40. The summed E-state index contributed by atoms with van der Waals surface area (Å²) in [5.74, 6) is -1.42. The Labute approximate surface area is 130 Å². The number of methoxy groups -OCH3 is 1. The summed E-state index contributed by atoms with van der Waals surface area (Å²) >= 11 is 0. The number of hydrogen-bond acceptors (Lipinski definition) is 5. The number of imidazole rings is 1. The van der Waals surface area contributed by atoms with Crippen molar-refractivity contribution in [1.29, 1.82) is 0 Å². The maximum absolute atomic E-state index is 12.6. The number of carbonyl (C=O) groups is 2. The number of fused-ring (bicyclic) bond motifs is 1. The largest absolute Gasteiger partial charge is 0.481 e. The molecule has 0 saturated carbocycles. The Balaban J connectivity index is 1.88. The number of carboxylic acid groups (broad SMARTS) is 1. The number of carbonyl (C=O) groups excluding carboxylic acids is 1. The first-order chi connectivity index (χ1) is 11.0. The molecule has 3 heterocycles. The molecule has 0 aromatic carbocycles. The van der Waals surface area contributed by atoms with Gasteiger partial charge in [-0.3, -0.25) is 14.0 Å². The van der Waals surface area contributed by atoms with Crippen molar-refractivity contribution >= 4 is 17.5 Å². The quantitative estimate of drug-likeness (QED) is 0.790. The lowest BCUT2D eigenvalue weighted by molar-refractivity contribution is -0.151. The van der Waals surface area contributed by atoms with Gasteiger partial charge in [0.2, 0.25) is 0 Å². The molecular weight excluding hydrogens is 304 g/mol. The van der Waals surface area contributed by atoms with Crippen molar-refractivity contribution in [3.05, 3.63) is 34.6 Å². The summed E-state index contributed by atoms with van der Waals surface area (Å²) in [6, 6.07) is 1.47. The summed E-state index contributed by atoms with van der Waals surface area (Å²) in [4.78, 5) is 43.9. The molecule has 1 amide bonds. The molecule has 1 atom stereocenters. The van der Waals surface area contributed by atoms with Crippen molar-refractivity contribution in [2.24, 2.45) is 5.41 Å². The summed E-state index contributed by atoms with van der Waals surface area (Å²) in [5.41, 5.74) is -1.13. The highest BCUT2D eigenvalue weighted by molar-refractivity contribution is 5.94. The Hall–Kier alpha value is -2.68. The number of amides is 1. The van der Waals surface area contributed by atoms with Gasteiger partial charge < -0.3 is 19.7 Å². The summed E-state index contributed by atoms with van der Waals surface area (Å²) < 4.78 is 6.29. The van der Waals surface area contributed by atoms with Gasteiger partial charge in [-0.25, -0.2) is 9.78 Å². The highest BCUT2D eigenvalue weighted by Crippen LogP contribution is 2.31. The molecule has 23 heavy (non-hydrogen) atoms. The molecule has 1 saturated heterocycles. The van der Waals surface area contributed by atoms with Crippen molar-refractivity contribution in [3.8, 4) is 0 Å². The Morgan fingerprint density at radius 3 is 3.00 bits per heavy atom. The normalized spacial score (nSPS) is 21.0. The summed E-state index contributed by atoms with van der Waals surface area (Å²) in [6.45, 7) is 0.356. The van der Waals surface area contributed by atoms with Crippen LogP contribution in [0.5, 0.6) is 0 Å². The van der Waals surface area contributed by atoms with Crippen LogP contribution in [0.15, 0.2) is 23.3 Å². The second-order valence-electron chi connectivity index (χ2n) is 5.64. The Bertz CT molecular complexity index is 826. The van der Waals surface area contributed by atoms with Crippen LogP contribution in [0.1, 0.15) is 16.9 Å². The fourth-order valence-corrected chi connectivity index (χ4v) is 2.90. The smallest absolute Gasteiger partial charge is 0.331 e. The molecule has 9 nitrogen and oxygen atoms in total. The molecule has 1 aliphatic rings. The molecule has 0 spiro atoms. The predicted octanol–water partition coefficient (Wildman–Crippen LogP) is -0.414. The van der Waals surface area contributed by atoms with E-state index in [1.54, 1.807) is 0 Å². The van der Waals surface area contributed by atoms with Gasteiger partial charge >= 0.3 is 11.7 Å². The third-order valence-corrected chi connectivity index (χ3v) is 4.15. The molecule has 0 aliphatic carbocycles. The van der Waals surface area contributed by atoms with E-state index in [1.165, 1.54) is 34.9 Å². The van der Waals surface area contributed by atoms with Crippen LogP contribution >= 0.6 is 0 Å². The number of hydrogen-bond donors (Lipinski definition) is 2. The van der Waals surface area contributed by atoms with E-state index in [0.717, 1.165) is 0 Å². The van der Waals surface area contributed by atoms with Gasteiger partial charge in [0, 0.05) is 38.7 Å². The summed E-state index contributed by atoms with van der Waals surface area (Å²) in [5, 5.41) is 9.43. The number of ether oxygens (including phenoxy) is 1. The lowest BCUT2D eigenvalue weighted by atomic mass is 9.88. The van der Waals surface area contributed by atoms with E-state index in [0.29, 0.717) is 12.1 Å². The van der Waals surface area contributed by atoms with Gasteiger partial charge in [-0.1, -0.05) is 0 Å². The minimum Gasteiger partial charge on any atom is -0.481 e. The molecule has 9 heteroatoms. The van der Waals surface area contributed by atoms with E-state index in [2.05, 4.69) is 9.97 Å². The molecule has 1 aliphatic heterocycles. The third kappa shape index (κ3) is 2.48. The molecule has 2 N–H and O–H groups in total. The van der Waals surface area contributed by atoms with Crippen molar-refractivity contribution in [1.82, 2.24) is 19.3 Å². The second-order valence-corrected chi connectivity index (χ2v) is 5.64. The van der Waals surface area contributed by atoms with E-state index in [1.807, 2.05) is 0 Å². The number of H-pyrrole nitrogens is 1. The molecule has 2 aromatic rings. The number of nitrogens with zero attached hydrogens (tertiary/aromatic N) is 3. The summed E-state index contributed by atoms with van der Waals surface area (Å²) in [6.07, 6.45) is 3.26. The Morgan fingerprint density at radius 1 is 1.52 bits per heavy atom. The van der Waals surface area contributed by atoms with Crippen LogP contribution in [0.25, 0.3) is 5.65 Å². The maximum Gasteiger partial charge on any atom is 0.331 e. The van der Waals surface area contributed by atoms with E-state index in [-0.39, 0.29) is 25.4 Å². The van der Waals surface area contributed by atoms with Crippen LogP contribution in [0.4, 0.5) is 0 Å². The predicted molar refractivity (Wildman–Crippen MR) is 78.3 cm³/mol. The van der Waals surface area contributed by atoms with Crippen LogP contribution in [0.2, 0.25) is 0 Å². The zero-order valence-electron chi connectivity index (χ0n) is 12.5. The zero-order valence-corrected chi connectivity index (χ0v) is 12.5. The average molecular weight is 320 g/mol. The fraction of sp³-hybridized carbons (Fsp3) is 0.429. The molecular formula is C14H16N4O5. The fourth-order valence-electron chi connectivity index (χ4n) is 2.90. The van der Waals surface area contributed by atoms with Gasteiger partial charge in [0.1, 0.15) is 16.8 Å². The standard InChI is InChI=1S/C14H16N4O5/c1-23-8-14(12(20)21)2-4-17(7-14)11(19)9-6-10-15-3-5-18(10)13(22)16-9/h3,5-6H,2,4,7-8H2,1H3,(H,16,22)(H,20,21). The molecule has 3 rings (SSSR count). The monoisotopic (exact) mass is 320 g/mol. The molecule has 1 unspecified atom stereocenters. The topological polar surface area (TPSA) is 117 Å². The van der Waals surface area contributed by atoms with Crippen molar-refractivity contribution < 1.29 is 19.4 Å². The SMILES string of the molecule is COCC1(C(=O)O)CCN(C(=O)c2cc3nccn3c(=O)[nH]2)C1. The van der Waals surface area contributed by atoms with Gasteiger partial charge in [0.15, 0.2) is 0 Å². The first-order valence-corrected chi connectivity index (χ1v) is 7.05. The lowest BCUT2D eigenvalue weighted by Gasteiger charge is -2.23. The number of aromatic nitrogens is 3. The van der Waals surface area contributed by atoms with Gasteiger partial charge in [-0.05, 0) is 6.42 Å². The number of likely N-dealkylation sites (tertiary alicyclic amines) is 1. The maximum atomic E-state index is 12.6. The van der Waals surface area contributed by atoms with E-state index in [4.69, 9.17) is 4.74 Å². The van der Waals surface area contributed by atoms with E-state index >= 15 is 0 Å². The number of aromatic amines is 1. The number of rotatable bonds is 4. The second kappa shape index (κ2) is 5.51. The molecule has 0 radical (unpaired) electrons. The molecule has 122 valence electrons. The molecule has 0 bridgehead atoms. The van der Waals surface area contributed by atoms with Crippen molar-refractivity contribution in [2.45, 2.75) is 6.42 Å². The van der Waals surface area contributed by atoms with E-state index < -0.39 is 23.0 Å². The van der Waals surface area contributed by atoms with E-state index in [9.17, 15) is 19.5 Å². The van der Waals surface area contributed by atoms with Crippen LogP contribution < -0.4 is 5.69 Å². The first-order valence-electron chi connectivity index (χ1n) is 7.05. The number of carboxylic acids is 1. The number of nitrogens with one attached hydrogen (secondary N) is 1. The summed E-state index contributed by atoms with van der Waals surface area (Å²) in [7, 11) is 1.43. The van der Waals surface area contributed by atoms with Gasteiger partial charge in [0.05, 0.1) is 6.61 Å². The highest BCUT2D eigenvalue weighted by Gasteiger charge is 2.46. The number of aliphatic carboxylic acids is 1. The zero-order chi connectivity index (χ0) is 16.6. The first kappa shape index (κ1) is 15.2.